The van der Waals surface area contributed by atoms with E-state index in [1.165, 1.54) is 12.0 Å². The van der Waals surface area contributed by atoms with E-state index in [1.54, 1.807) is 0 Å². The molecule has 76 valence electrons. The molecule has 2 atom stereocenters. The van der Waals surface area contributed by atoms with E-state index < -0.39 is 0 Å². The Morgan fingerprint density at radius 3 is 2.57 bits per heavy atom. The van der Waals surface area contributed by atoms with Crippen LogP contribution < -0.4 is 5.32 Å². The SMILES string of the molecule is CN(C)[C@@H]1CCN[C@@H]1c1ccccc1. The Balaban J connectivity index is 2.18. The van der Waals surface area contributed by atoms with Crippen molar-refractivity contribution in [3.8, 4) is 0 Å². The zero-order chi connectivity index (χ0) is 9.97. The highest BCUT2D eigenvalue weighted by Crippen LogP contribution is 2.26. The molecule has 2 heteroatoms. The van der Waals surface area contributed by atoms with E-state index in [9.17, 15) is 0 Å². The van der Waals surface area contributed by atoms with Crippen molar-refractivity contribution in [2.45, 2.75) is 18.5 Å². The molecular formula is C12H18N2. The van der Waals surface area contributed by atoms with Crippen molar-refractivity contribution in [2.75, 3.05) is 20.6 Å². The van der Waals surface area contributed by atoms with Crippen molar-refractivity contribution in [2.24, 2.45) is 0 Å². The summed E-state index contributed by atoms with van der Waals surface area (Å²) in [6, 6.07) is 11.9. The van der Waals surface area contributed by atoms with Gasteiger partial charge in [-0.3, -0.25) is 0 Å². The fraction of sp³-hybridized carbons (Fsp3) is 0.500. The molecule has 0 amide bonds. The predicted molar refractivity (Wildman–Crippen MR) is 59.3 cm³/mol. The fourth-order valence-corrected chi connectivity index (χ4v) is 2.25. The van der Waals surface area contributed by atoms with Crippen LogP contribution in [-0.2, 0) is 0 Å². The lowest BCUT2D eigenvalue weighted by molar-refractivity contribution is 0.270. The van der Waals surface area contributed by atoms with Crippen molar-refractivity contribution in [1.82, 2.24) is 10.2 Å². The number of hydrogen-bond acceptors (Lipinski definition) is 2. The quantitative estimate of drug-likeness (QED) is 0.763. The van der Waals surface area contributed by atoms with Crippen LogP contribution in [0.25, 0.3) is 0 Å². The van der Waals surface area contributed by atoms with Gasteiger partial charge in [0, 0.05) is 12.1 Å². The molecule has 0 aliphatic carbocycles. The van der Waals surface area contributed by atoms with Gasteiger partial charge in [-0.05, 0) is 32.6 Å². The van der Waals surface area contributed by atoms with E-state index in [4.69, 9.17) is 0 Å². The first kappa shape index (κ1) is 9.69. The number of hydrogen-bond donors (Lipinski definition) is 1. The normalized spacial score (nSPS) is 27.1. The molecule has 0 saturated carbocycles. The van der Waals surface area contributed by atoms with Gasteiger partial charge in [0.25, 0.3) is 0 Å². The van der Waals surface area contributed by atoms with Gasteiger partial charge in [-0.15, -0.1) is 0 Å². The van der Waals surface area contributed by atoms with Crippen LogP contribution in [0.15, 0.2) is 30.3 Å². The van der Waals surface area contributed by atoms with Gasteiger partial charge in [-0.1, -0.05) is 30.3 Å². The first-order valence-electron chi connectivity index (χ1n) is 5.24. The Bertz CT molecular complexity index is 282. The summed E-state index contributed by atoms with van der Waals surface area (Å²) in [7, 11) is 4.32. The van der Waals surface area contributed by atoms with Crippen molar-refractivity contribution >= 4 is 0 Å². The van der Waals surface area contributed by atoms with E-state index in [0.717, 1.165) is 6.54 Å². The standard InChI is InChI=1S/C12H18N2/c1-14(2)11-8-9-13-12(11)10-6-4-3-5-7-10/h3-7,11-13H,8-9H2,1-2H3/t11-,12-/m1/s1. The molecule has 1 aromatic rings. The highest BCUT2D eigenvalue weighted by Gasteiger charge is 2.29. The summed E-state index contributed by atoms with van der Waals surface area (Å²) >= 11 is 0. The minimum atomic E-state index is 0.506. The van der Waals surface area contributed by atoms with Gasteiger partial charge < -0.3 is 10.2 Å². The molecular weight excluding hydrogens is 172 g/mol. The van der Waals surface area contributed by atoms with E-state index in [-0.39, 0.29) is 0 Å². The number of benzene rings is 1. The summed E-state index contributed by atoms with van der Waals surface area (Å²) in [4.78, 5) is 2.32. The van der Waals surface area contributed by atoms with Crippen LogP contribution in [0.2, 0.25) is 0 Å². The third-order valence-electron chi connectivity index (χ3n) is 3.01. The zero-order valence-electron chi connectivity index (χ0n) is 8.90. The molecule has 2 rings (SSSR count). The maximum atomic E-state index is 3.56. The molecule has 1 N–H and O–H groups in total. The Labute approximate surface area is 85.9 Å². The molecule has 0 spiro atoms. The average molecular weight is 190 g/mol. The lowest BCUT2D eigenvalue weighted by Gasteiger charge is -2.26. The van der Waals surface area contributed by atoms with Crippen LogP contribution >= 0.6 is 0 Å². The monoisotopic (exact) mass is 190 g/mol. The van der Waals surface area contributed by atoms with E-state index in [2.05, 4.69) is 54.6 Å². The second-order valence-corrected chi connectivity index (χ2v) is 4.16. The van der Waals surface area contributed by atoms with E-state index >= 15 is 0 Å². The summed E-state index contributed by atoms with van der Waals surface area (Å²) in [6.07, 6.45) is 1.24. The van der Waals surface area contributed by atoms with Gasteiger partial charge in [0.1, 0.15) is 0 Å². The molecule has 1 aliphatic heterocycles. The van der Waals surface area contributed by atoms with Crippen LogP contribution in [0.1, 0.15) is 18.0 Å². The zero-order valence-corrected chi connectivity index (χ0v) is 8.90. The topological polar surface area (TPSA) is 15.3 Å². The van der Waals surface area contributed by atoms with Gasteiger partial charge in [-0.25, -0.2) is 0 Å². The van der Waals surface area contributed by atoms with Crippen molar-refractivity contribution in [3.63, 3.8) is 0 Å². The van der Waals surface area contributed by atoms with Crippen LogP contribution in [0.4, 0.5) is 0 Å². The Morgan fingerprint density at radius 1 is 1.21 bits per heavy atom. The minimum absolute atomic E-state index is 0.506. The van der Waals surface area contributed by atoms with Gasteiger partial charge >= 0.3 is 0 Å². The third-order valence-corrected chi connectivity index (χ3v) is 3.01. The lowest BCUT2D eigenvalue weighted by atomic mass is 10.0. The van der Waals surface area contributed by atoms with Crippen LogP contribution in [0, 0.1) is 0 Å². The molecule has 1 aromatic carbocycles. The number of nitrogens with zero attached hydrogens (tertiary/aromatic N) is 1. The largest absolute Gasteiger partial charge is 0.309 e. The number of likely N-dealkylation sites (N-methyl/N-ethyl adjacent to an activating group) is 1. The first-order valence-corrected chi connectivity index (χ1v) is 5.24. The van der Waals surface area contributed by atoms with Crippen molar-refractivity contribution < 1.29 is 0 Å². The van der Waals surface area contributed by atoms with Gasteiger partial charge in [0.05, 0.1) is 0 Å². The summed E-state index contributed by atoms with van der Waals surface area (Å²) < 4.78 is 0. The van der Waals surface area contributed by atoms with Crippen molar-refractivity contribution in [1.29, 1.82) is 0 Å². The molecule has 0 aromatic heterocycles. The third kappa shape index (κ3) is 1.81. The Morgan fingerprint density at radius 2 is 1.93 bits per heavy atom. The Hall–Kier alpha value is -0.860. The molecule has 1 saturated heterocycles. The summed E-state index contributed by atoms with van der Waals surface area (Å²) in [5, 5.41) is 3.56. The molecule has 2 nitrogen and oxygen atoms in total. The maximum absolute atomic E-state index is 3.56. The molecule has 1 fully saturated rings. The maximum Gasteiger partial charge on any atom is 0.0478 e. The highest BCUT2D eigenvalue weighted by atomic mass is 15.2. The van der Waals surface area contributed by atoms with E-state index in [0.29, 0.717) is 12.1 Å². The molecule has 14 heavy (non-hydrogen) atoms. The number of nitrogens with one attached hydrogen (secondary N) is 1. The molecule has 0 unspecified atom stereocenters. The molecule has 0 radical (unpaired) electrons. The molecule has 0 bridgehead atoms. The predicted octanol–water partition coefficient (Wildman–Crippen LogP) is 1.65. The highest BCUT2D eigenvalue weighted by molar-refractivity contribution is 5.21. The summed E-state index contributed by atoms with van der Waals surface area (Å²) in [6.45, 7) is 1.13. The lowest BCUT2D eigenvalue weighted by Crippen LogP contribution is -2.33. The first-order chi connectivity index (χ1) is 6.79. The molecule has 1 aliphatic rings. The average Bonchev–Trinajstić information content (AvgIpc) is 2.67. The van der Waals surface area contributed by atoms with Gasteiger partial charge in [0.2, 0.25) is 0 Å². The smallest absolute Gasteiger partial charge is 0.0478 e. The van der Waals surface area contributed by atoms with Crippen LogP contribution in [-0.4, -0.2) is 31.6 Å². The second-order valence-electron chi connectivity index (χ2n) is 4.16. The number of rotatable bonds is 2. The Kier molecular flexibility index (Phi) is 2.85. The van der Waals surface area contributed by atoms with Crippen LogP contribution in [0.5, 0.6) is 0 Å². The summed E-state index contributed by atoms with van der Waals surface area (Å²) in [5.74, 6) is 0. The van der Waals surface area contributed by atoms with Crippen molar-refractivity contribution in [3.05, 3.63) is 35.9 Å². The fourth-order valence-electron chi connectivity index (χ4n) is 2.25. The van der Waals surface area contributed by atoms with E-state index in [1.807, 2.05) is 0 Å². The minimum Gasteiger partial charge on any atom is -0.309 e. The van der Waals surface area contributed by atoms with Gasteiger partial charge in [-0.2, -0.15) is 0 Å². The molecule has 1 heterocycles. The van der Waals surface area contributed by atoms with Gasteiger partial charge in [0.15, 0.2) is 0 Å². The second kappa shape index (κ2) is 4.11. The van der Waals surface area contributed by atoms with Crippen LogP contribution in [0.3, 0.4) is 0 Å². The summed E-state index contributed by atoms with van der Waals surface area (Å²) in [5.41, 5.74) is 1.41.